The van der Waals surface area contributed by atoms with E-state index in [1.54, 1.807) is 0 Å². The highest BCUT2D eigenvalue weighted by Gasteiger charge is 2.51. The molecule has 184 valence electrons. The van der Waals surface area contributed by atoms with Gasteiger partial charge in [0.05, 0.1) is 11.8 Å². The predicted octanol–water partition coefficient (Wildman–Crippen LogP) is 8.08. The molecule has 4 aromatic carbocycles. The third-order valence-electron chi connectivity index (χ3n) is 8.11. The van der Waals surface area contributed by atoms with Gasteiger partial charge in [-0.25, -0.2) is 5.01 Å². The van der Waals surface area contributed by atoms with Crippen molar-refractivity contribution in [1.29, 1.82) is 0 Å². The molecule has 0 aromatic heterocycles. The van der Waals surface area contributed by atoms with E-state index >= 15 is 0 Å². The lowest BCUT2D eigenvalue weighted by molar-refractivity contribution is -0.142. The first-order chi connectivity index (χ1) is 18.3. The number of ether oxygens (including phenoxy) is 2. The smallest absolute Gasteiger partial charge is 0.198 e. The number of para-hydroxylation sites is 2. The summed E-state index contributed by atoms with van der Waals surface area (Å²) >= 11 is 0. The maximum atomic E-state index is 6.83. The predicted molar refractivity (Wildman–Crippen MR) is 146 cm³/mol. The lowest BCUT2D eigenvalue weighted by atomic mass is 9.78. The average Bonchev–Trinajstić information content (AvgIpc) is 3.42. The fraction of sp³-hybridized carbons (Fsp3) is 0.242. The molecule has 1 aliphatic carbocycles. The van der Waals surface area contributed by atoms with Crippen molar-refractivity contribution < 1.29 is 9.47 Å². The summed E-state index contributed by atoms with van der Waals surface area (Å²) in [7, 11) is 0. The van der Waals surface area contributed by atoms with E-state index in [-0.39, 0.29) is 11.8 Å². The third kappa shape index (κ3) is 4.07. The molecule has 2 aliphatic heterocycles. The maximum absolute atomic E-state index is 6.83. The first-order valence-electron chi connectivity index (χ1n) is 13.3. The molecule has 0 saturated heterocycles. The van der Waals surface area contributed by atoms with Crippen LogP contribution in [0.4, 0.5) is 0 Å². The summed E-state index contributed by atoms with van der Waals surface area (Å²) in [5.41, 5.74) is 4.54. The summed E-state index contributed by atoms with van der Waals surface area (Å²) in [6.45, 7) is 0. The molecule has 3 aliphatic rings. The Morgan fingerprint density at radius 2 is 1.38 bits per heavy atom. The van der Waals surface area contributed by atoms with Crippen molar-refractivity contribution in [2.45, 2.75) is 49.8 Å². The summed E-state index contributed by atoms with van der Waals surface area (Å²) in [5, 5.41) is 7.56. The van der Waals surface area contributed by atoms with Gasteiger partial charge in [0.1, 0.15) is 17.2 Å². The Labute approximate surface area is 218 Å². The number of hydrogen-bond donors (Lipinski definition) is 0. The normalized spacial score (nSPS) is 24.1. The van der Waals surface area contributed by atoms with Crippen LogP contribution in [0.5, 0.6) is 17.2 Å². The largest absolute Gasteiger partial charge is 0.466 e. The van der Waals surface area contributed by atoms with E-state index in [0.29, 0.717) is 5.92 Å². The van der Waals surface area contributed by atoms with Crippen molar-refractivity contribution >= 4 is 5.71 Å². The van der Waals surface area contributed by atoms with Gasteiger partial charge in [0.2, 0.25) is 0 Å². The topological polar surface area (TPSA) is 34.1 Å². The highest BCUT2D eigenvalue weighted by atomic mass is 16.5. The average molecular weight is 487 g/mol. The summed E-state index contributed by atoms with van der Waals surface area (Å²) < 4.78 is 12.8. The van der Waals surface area contributed by atoms with Crippen molar-refractivity contribution in [3.8, 4) is 17.2 Å². The molecule has 1 saturated carbocycles. The SMILES string of the molecule is c1ccc(Oc2ccc(C3=NN4C(C3)c3ccccc3OC43CCC(c4ccccc4)CC3)cc2)cc1. The van der Waals surface area contributed by atoms with E-state index in [9.17, 15) is 0 Å². The molecule has 4 aromatic rings. The molecule has 0 bridgehead atoms. The molecule has 1 unspecified atom stereocenters. The molecule has 4 heteroatoms. The van der Waals surface area contributed by atoms with Crippen molar-refractivity contribution in [1.82, 2.24) is 5.01 Å². The van der Waals surface area contributed by atoms with Gasteiger partial charge in [-0.05, 0) is 72.4 Å². The van der Waals surface area contributed by atoms with Gasteiger partial charge in [0.25, 0.3) is 0 Å². The fourth-order valence-corrected chi connectivity index (χ4v) is 6.20. The standard InChI is InChI=1S/C33H30N2O2/c1-3-9-24(10-4-1)25-19-21-33(22-20-25)35-31(29-13-7-8-14-32(29)37-33)23-30(34-35)26-15-17-28(18-16-26)36-27-11-5-2-6-12-27/h1-18,25,31H,19-23H2. The van der Waals surface area contributed by atoms with E-state index in [1.165, 1.54) is 11.1 Å². The Morgan fingerprint density at radius 1 is 0.730 bits per heavy atom. The highest BCUT2D eigenvalue weighted by Crippen LogP contribution is 2.53. The van der Waals surface area contributed by atoms with Crippen molar-refractivity contribution in [2.24, 2.45) is 5.10 Å². The molecule has 0 radical (unpaired) electrons. The zero-order valence-electron chi connectivity index (χ0n) is 20.8. The second-order valence-corrected chi connectivity index (χ2v) is 10.3. The zero-order chi connectivity index (χ0) is 24.7. The molecular formula is C33H30N2O2. The van der Waals surface area contributed by atoms with Crippen LogP contribution in [0.3, 0.4) is 0 Å². The van der Waals surface area contributed by atoms with Gasteiger partial charge in [-0.2, -0.15) is 5.10 Å². The minimum Gasteiger partial charge on any atom is -0.466 e. The van der Waals surface area contributed by atoms with Gasteiger partial charge in [0, 0.05) is 24.8 Å². The van der Waals surface area contributed by atoms with E-state index in [0.717, 1.165) is 60.6 Å². The van der Waals surface area contributed by atoms with Gasteiger partial charge in [0.15, 0.2) is 5.72 Å². The summed E-state index contributed by atoms with van der Waals surface area (Å²) in [5.74, 6) is 3.27. The number of hydrogen-bond acceptors (Lipinski definition) is 4. The summed E-state index contributed by atoms with van der Waals surface area (Å²) in [6.07, 6.45) is 5.02. The van der Waals surface area contributed by atoms with Crippen molar-refractivity contribution in [2.75, 3.05) is 0 Å². The number of hydrazone groups is 1. The number of benzene rings is 4. The zero-order valence-corrected chi connectivity index (χ0v) is 20.8. The van der Waals surface area contributed by atoms with Crippen LogP contribution in [-0.2, 0) is 0 Å². The van der Waals surface area contributed by atoms with Crippen molar-refractivity contribution in [3.05, 3.63) is 126 Å². The first-order valence-corrected chi connectivity index (χ1v) is 13.3. The lowest BCUT2D eigenvalue weighted by Gasteiger charge is -2.50. The molecule has 2 heterocycles. The molecule has 37 heavy (non-hydrogen) atoms. The maximum Gasteiger partial charge on any atom is 0.198 e. The third-order valence-corrected chi connectivity index (χ3v) is 8.11. The van der Waals surface area contributed by atoms with Gasteiger partial charge < -0.3 is 9.47 Å². The minimum atomic E-state index is -0.386. The van der Waals surface area contributed by atoms with E-state index < -0.39 is 0 Å². The van der Waals surface area contributed by atoms with Gasteiger partial charge in [-0.1, -0.05) is 66.7 Å². The number of rotatable bonds is 4. The van der Waals surface area contributed by atoms with Crippen LogP contribution in [0.15, 0.2) is 114 Å². The Kier molecular flexibility index (Phi) is 5.46. The van der Waals surface area contributed by atoms with E-state index in [4.69, 9.17) is 14.6 Å². The fourth-order valence-electron chi connectivity index (χ4n) is 6.20. The van der Waals surface area contributed by atoms with Crippen LogP contribution >= 0.6 is 0 Å². The van der Waals surface area contributed by atoms with Crippen LogP contribution in [0.25, 0.3) is 0 Å². The molecule has 7 rings (SSSR count). The molecule has 1 atom stereocenters. The molecule has 4 nitrogen and oxygen atoms in total. The Balaban J connectivity index is 1.16. The lowest BCUT2D eigenvalue weighted by Crippen LogP contribution is -2.55. The summed E-state index contributed by atoms with van der Waals surface area (Å²) in [6, 6.07) is 37.9. The Hall–Kier alpha value is -4.05. The molecule has 1 fully saturated rings. The van der Waals surface area contributed by atoms with Crippen LogP contribution in [0, 0.1) is 0 Å². The molecule has 0 N–H and O–H groups in total. The molecule has 1 spiro atoms. The Morgan fingerprint density at radius 3 is 2.14 bits per heavy atom. The highest BCUT2D eigenvalue weighted by molar-refractivity contribution is 6.02. The van der Waals surface area contributed by atoms with Gasteiger partial charge in [-0.15, -0.1) is 0 Å². The Bertz CT molecular complexity index is 1410. The second-order valence-electron chi connectivity index (χ2n) is 10.3. The van der Waals surface area contributed by atoms with Crippen LogP contribution in [0.1, 0.15) is 60.8 Å². The minimum absolute atomic E-state index is 0.202. The van der Waals surface area contributed by atoms with Crippen LogP contribution in [0.2, 0.25) is 0 Å². The van der Waals surface area contributed by atoms with Crippen LogP contribution < -0.4 is 9.47 Å². The summed E-state index contributed by atoms with van der Waals surface area (Å²) in [4.78, 5) is 0. The van der Waals surface area contributed by atoms with Gasteiger partial charge >= 0.3 is 0 Å². The number of nitrogens with zero attached hydrogens (tertiary/aromatic N) is 2. The van der Waals surface area contributed by atoms with Gasteiger partial charge in [-0.3, -0.25) is 0 Å². The van der Waals surface area contributed by atoms with Crippen LogP contribution in [-0.4, -0.2) is 16.4 Å². The molecule has 0 amide bonds. The monoisotopic (exact) mass is 486 g/mol. The van der Waals surface area contributed by atoms with E-state index in [1.807, 2.05) is 42.5 Å². The van der Waals surface area contributed by atoms with Crippen molar-refractivity contribution in [3.63, 3.8) is 0 Å². The van der Waals surface area contributed by atoms with E-state index in [2.05, 4.69) is 71.7 Å². The quantitative estimate of drug-likeness (QED) is 0.292. The first kappa shape index (κ1) is 22.2. The number of fused-ring (bicyclic) bond motifs is 4. The molecular weight excluding hydrogens is 456 g/mol. The second kappa shape index (κ2) is 9.11.